The molecule has 3 heterocycles. The molecule has 0 bridgehead atoms. The average Bonchev–Trinajstić information content (AvgIpc) is 2.96. The van der Waals surface area contributed by atoms with Crippen LogP contribution in [0.15, 0.2) is 48.5 Å². The number of rotatable bonds is 7. The van der Waals surface area contributed by atoms with E-state index in [1.165, 1.54) is 6.07 Å². The molecule has 2 saturated heterocycles. The molecular formula is C30H36F3N3O4. The van der Waals surface area contributed by atoms with Crippen molar-refractivity contribution >= 4 is 17.6 Å². The summed E-state index contributed by atoms with van der Waals surface area (Å²) < 4.78 is 51.8. The second kappa shape index (κ2) is 12.1. The van der Waals surface area contributed by atoms with Crippen molar-refractivity contribution in [1.29, 1.82) is 0 Å². The molecule has 216 valence electrons. The molecule has 0 unspecified atom stereocenters. The van der Waals surface area contributed by atoms with E-state index in [1.807, 2.05) is 30.3 Å². The zero-order chi connectivity index (χ0) is 28.3. The SMILES string of the molecule is CCOC(=O)[C@@H]1CCCN(C(=O)[C@H]2Cc3cc(C(F)(F)F)ccc3N3CCN(CCOc4ccccc4)C[C@@H]23)C1. The van der Waals surface area contributed by atoms with Gasteiger partial charge in [0.25, 0.3) is 0 Å². The van der Waals surface area contributed by atoms with Crippen LogP contribution in [0.25, 0.3) is 0 Å². The Balaban J connectivity index is 1.35. The van der Waals surface area contributed by atoms with E-state index in [0.717, 1.165) is 17.5 Å². The van der Waals surface area contributed by atoms with Crippen LogP contribution in [0.4, 0.5) is 18.9 Å². The Morgan fingerprint density at radius 2 is 1.82 bits per heavy atom. The highest BCUT2D eigenvalue weighted by molar-refractivity contribution is 5.83. The van der Waals surface area contributed by atoms with Gasteiger partial charge in [0.2, 0.25) is 5.91 Å². The number of para-hydroxylation sites is 1. The van der Waals surface area contributed by atoms with Crippen molar-refractivity contribution in [2.45, 2.75) is 38.4 Å². The van der Waals surface area contributed by atoms with Crippen molar-refractivity contribution in [3.63, 3.8) is 0 Å². The molecule has 0 N–H and O–H groups in total. The number of hydrogen-bond acceptors (Lipinski definition) is 6. The summed E-state index contributed by atoms with van der Waals surface area (Å²) in [4.78, 5) is 32.5. The van der Waals surface area contributed by atoms with Gasteiger partial charge in [-0.3, -0.25) is 14.5 Å². The van der Waals surface area contributed by atoms with E-state index in [2.05, 4.69) is 9.80 Å². The lowest BCUT2D eigenvalue weighted by Crippen LogP contribution is -2.62. The van der Waals surface area contributed by atoms with Gasteiger partial charge in [-0.15, -0.1) is 0 Å². The highest BCUT2D eigenvalue weighted by atomic mass is 19.4. The fourth-order valence-corrected chi connectivity index (χ4v) is 6.22. The third-order valence-corrected chi connectivity index (χ3v) is 8.21. The molecule has 40 heavy (non-hydrogen) atoms. The van der Waals surface area contributed by atoms with Crippen molar-refractivity contribution < 1.29 is 32.2 Å². The smallest absolute Gasteiger partial charge is 0.416 e. The lowest BCUT2D eigenvalue weighted by Gasteiger charge is -2.50. The maximum absolute atomic E-state index is 14.0. The van der Waals surface area contributed by atoms with E-state index in [1.54, 1.807) is 17.9 Å². The second-order valence-electron chi connectivity index (χ2n) is 10.8. The molecule has 3 atom stereocenters. The topological polar surface area (TPSA) is 62.3 Å². The standard InChI is InChI=1S/C30H36F3N3O4/c1-2-39-29(38)21-7-6-12-35(19-21)28(37)25-18-22-17-23(30(31,32)33)10-11-26(22)36-14-13-34(20-27(25)36)15-16-40-24-8-4-3-5-9-24/h3-5,8-11,17,21,25,27H,2,6-7,12-16,18-20H2,1H3/t21-,25+,27+/m1/s1. The number of amides is 1. The molecule has 0 saturated carbocycles. The number of likely N-dealkylation sites (tertiary alicyclic amines) is 1. The van der Waals surface area contributed by atoms with Crippen LogP contribution in [0, 0.1) is 11.8 Å². The van der Waals surface area contributed by atoms with E-state index in [0.29, 0.717) is 57.7 Å². The first kappa shape index (κ1) is 28.3. The van der Waals surface area contributed by atoms with E-state index in [-0.39, 0.29) is 43.4 Å². The van der Waals surface area contributed by atoms with E-state index in [4.69, 9.17) is 9.47 Å². The van der Waals surface area contributed by atoms with Crippen LogP contribution in [0.3, 0.4) is 0 Å². The molecule has 10 heteroatoms. The number of hydrogen-bond donors (Lipinski definition) is 0. The molecule has 0 aliphatic carbocycles. The van der Waals surface area contributed by atoms with Crippen LogP contribution in [-0.2, 0) is 26.9 Å². The van der Waals surface area contributed by atoms with Crippen LogP contribution < -0.4 is 9.64 Å². The molecular weight excluding hydrogens is 523 g/mol. The van der Waals surface area contributed by atoms with E-state index >= 15 is 0 Å². The summed E-state index contributed by atoms with van der Waals surface area (Å²) in [5, 5.41) is 0. The Morgan fingerprint density at radius 1 is 1.02 bits per heavy atom. The second-order valence-corrected chi connectivity index (χ2v) is 10.8. The number of halogens is 3. The minimum Gasteiger partial charge on any atom is -0.492 e. The fraction of sp³-hybridized carbons (Fsp3) is 0.533. The highest BCUT2D eigenvalue weighted by Gasteiger charge is 2.44. The third kappa shape index (κ3) is 6.22. The van der Waals surface area contributed by atoms with Crippen LogP contribution in [-0.4, -0.2) is 80.2 Å². The van der Waals surface area contributed by atoms with Crippen LogP contribution in [0.2, 0.25) is 0 Å². The Morgan fingerprint density at radius 3 is 2.58 bits per heavy atom. The summed E-state index contributed by atoms with van der Waals surface area (Å²) in [6, 6.07) is 13.3. The molecule has 5 rings (SSSR count). The number of carbonyl (C=O) groups excluding carboxylic acids is 2. The van der Waals surface area contributed by atoms with Crippen molar-refractivity contribution in [2.75, 3.05) is 57.4 Å². The molecule has 0 aromatic heterocycles. The predicted octanol–water partition coefficient (Wildman–Crippen LogP) is 4.25. The molecule has 3 aliphatic heterocycles. The molecule has 0 spiro atoms. The third-order valence-electron chi connectivity index (χ3n) is 8.21. The average molecular weight is 560 g/mol. The molecule has 2 fully saturated rings. The molecule has 2 aromatic rings. The summed E-state index contributed by atoms with van der Waals surface area (Å²) >= 11 is 0. The van der Waals surface area contributed by atoms with E-state index < -0.39 is 17.7 Å². The van der Waals surface area contributed by atoms with Gasteiger partial charge < -0.3 is 19.3 Å². The highest BCUT2D eigenvalue weighted by Crippen LogP contribution is 2.40. The molecule has 1 amide bonds. The number of piperidine rings is 1. The van der Waals surface area contributed by atoms with Crippen LogP contribution in [0.5, 0.6) is 5.75 Å². The maximum atomic E-state index is 14.0. The number of alkyl halides is 3. The lowest BCUT2D eigenvalue weighted by molar-refractivity contribution is -0.152. The van der Waals surface area contributed by atoms with Gasteiger partial charge in [0.05, 0.1) is 30.0 Å². The number of fused-ring (bicyclic) bond motifs is 3. The number of anilines is 1. The van der Waals surface area contributed by atoms with Gasteiger partial charge in [0.1, 0.15) is 12.4 Å². The first-order valence-electron chi connectivity index (χ1n) is 14.1. The summed E-state index contributed by atoms with van der Waals surface area (Å²) in [5.74, 6) is -0.501. The fourth-order valence-electron chi connectivity index (χ4n) is 6.22. The van der Waals surface area contributed by atoms with E-state index in [9.17, 15) is 22.8 Å². The molecule has 0 radical (unpaired) electrons. The minimum atomic E-state index is -4.46. The first-order valence-corrected chi connectivity index (χ1v) is 14.1. The van der Waals surface area contributed by atoms with Gasteiger partial charge >= 0.3 is 12.1 Å². The zero-order valence-corrected chi connectivity index (χ0v) is 22.7. The van der Waals surface area contributed by atoms with Gasteiger partial charge in [-0.25, -0.2) is 0 Å². The van der Waals surface area contributed by atoms with Crippen LogP contribution >= 0.6 is 0 Å². The summed E-state index contributed by atoms with van der Waals surface area (Å²) in [7, 11) is 0. The number of carbonyl (C=O) groups is 2. The largest absolute Gasteiger partial charge is 0.492 e. The lowest BCUT2D eigenvalue weighted by atomic mass is 9.82. The summed E-state index contributed by atoms with van der Waals surface area (Å²) in [5.41, 5.74) is 0.613. The minimum absolute atomic E-state index is 0.102. The van der Waals surface area contributed by atoms with Gasteiger partial charge in [0, 0.05) is 45.0 Å². The summed E-state index contributed by atoms with van der Waals surface area (Å²) in [6.07, 6.45) is -2.87. The van der Waals surface area contributed by atoms with Gasteiger partial charge in [-0.1, -0.05) is 18.2 Å². The van der Waals surface area contributed by atoms with Crippen LogP contribution in [0.1, 0.15) is 30.9 Å². The number of benzene rings is 2. The Labute approximate surface area is 232 Å². The first-order chi connectivity index (χ1) is 19.2. The summed E-state index contributed by atoms with van der Waals surface area (Å²) in [6.45, 7) is 5.94. The molecule has 3 aliphatic rings. The Hall–Kier alpha value is -3.27. The van der Waals surface area contributed by atoms with Gasteiger partial charge in [0.15, 0.2) is 0 Å². The van der Waals surface area contributed by atoms with Gasteiger partial charge in [-0.05, 0) is 62.1 Å². The maximum Gasteiger partial charge on any atom is 0.416 e. The monoisotopic (exact) mass is 559 g/mol. The number of ether oxygens (including phenoxy) is 2. The normalized spacial score (nSPS) is 23.2. The van der Waals surface area contributed by atoms with Crippen molar-refractivity contribution in [1.82, 2.24) is 9.80 Å². The van der Waals surface area contributed by atoms with Crippen molar-refractivity contribution in [2.24, 2.45) is 11.8 Å². The Kier molecular flexibility index (Phi) is 8.54. The quantitative estimate of drug-likeness (QED) is 0.473. The molecule has 7 nitrogen and oxygen atoms in total. The number of esters is 1. The number of piperazine rings is 1. The van der Waals surface area contributed by atoms with Crippen molar-refractivity contribution in [3.05, 3.63) is 59.7 Å². The zero-order valence-electron chi connectivity index (χ0n) is 22.7. The van der Waals surface area contributed by atoms with Gasteiger partial charge in [-0.2, -0.15) is 13.2 Å². The predicted molar refractivity (Wildman–Crippen MR) is 144 cm³/mol. The molecule has 2 aromatic carbocycles. The van der Waals surface area contributed by atoms with Crippen molar-refractivity contribution in [3.8, 4) is 5.75 Å². The number of nitrogens with zero attached hydrogens (tertiary/aromatic N) is 3. The Bertz CT molecular complexity index is 1190.